The number of aryl methyl sites for hydroxylation is 1. The zero-order valence-electron chi connectivity index (χ0n) is 14.7. The van der Waals surface area contributed by atoms with Crippen molar-refractivity contribution in [2.75, 3.05) is 6.61 Å². The highest BCUT2D eigenvalue weighted by Crippen LogP contribution is 2.66. The molecule has 2 rings (SSSR count). The number of ether oxygens (including phenoxy) is 1. The van der Waals surface area contributed by atoms with E-state index in [0.29, 0.717) is 4.57 Å². The molecule has 0 radical (unpaired) electrons. The number of aromatic amines is 1. The van der Waals surface area contributed by atoms with Crippen molar-refractivity contribution < 1.29 is 60.6 Å². The molecule has 1 fully saturated rings. The number of nitrogens with zero attached hydrogens (tertiary/aromatic N) is 1. The third kappa shape index (κ3) is 6.47. The minimum atomic E-state index is -5.76. The van der Waals surface area contributed by atoms with Crippen LogP contribution in [0.25, 0.3) is 0 Å². The lowest BCUT2D eigenvalue weighted by molar-refractivity contribution is -0.0483. The molecule has 0 saturated carbocycles. The third-order valence-electron chi connectivity index (χ3n) is 3.53. The summed E-state index contributed by atoms with van der Waals surface area (Å²) in [5.41, 5.74) is -1.80. The number of phosphoric ester groups is 1. The summed E-state index contributed by atoms with van der Waals surface area (Å²) in [4.78, 5) is 60.4. The largest absolute Gasteiger partial charge is 0.490 e. The van der Waals surface area contributed by atoms with Gasteiger partial charge in [0, 0.05) is 11.8 Å². The Balaban J connectivity index is 2.09. The zero-order chi connectivity index (χ0) is 23.1. The van der Waals surface area contributed by atoms with Crippen molar-refractivity contribution >= 4 is 23.5 Å². The maximum absolute atomic E-state index is 14.4. The van der Waals surface area contributed by atoms with Gasteiger partial charge in [0.25, 0.3) is 5.56 Å². The van der Waals surface area contributed by atoms with Gasteiger partial charge in [0.1, 0.15) is 12.2 Å². The van der Waals surface area contributed by atoms with Crippen LogP contribution >= 0.6 is 23.5 Å². The smallest absolute Gasteiger partial charge is 0.387 e. The quantitative estimate of drug-likeness (QED) is 0.229. The van der Waals surface area contributed by atoms with Crippen LogP contribution in [-0.2, 0) is 31.6 Å². The van der Waals surface area contributed by atoms with Gasteiger partial charge in [0.05, 0.1) is 6.61 Å². The van der Waals surface area contributed by atoms with Gasteiger partial charge in [-0.2, -0.15) is 8.62 Å². The average Bonchev–Trinajstić information content (AvgIpc) is 2.81. The first-order valence-electron chi connectivity index (χ1n) is 7.59. The Morgan fingerprint density at radius 3 is 2.33 bits per heavy atom. The van der Waals surface area contributed by atoms with E-state index >= 15 is 0 Å². The maximum Gasteiger partial charge on any atom is 0.490 e. The Kier molecular flexibility index (Phi) is 7.41. The Morgan fingerprint density at radius 2 is 1.77 bits per heavy atom. The van der Waals surface area contributed by atoms with Crippen LogP contribution in [0.5, 0.6) is 0 Å². The van der Waals surface area contributed by atoms with E-state index in [4.69, 9.17) is 19.4 Å². The Bertz CT molecular complexity index is 1050. The normalized spacial score (nSPS) is 28.8. The molecule has 0 spiro atoms. The van der Waals surface area contributed by atoms with Crippen molar-refractivity contribution in [3.8, 4) is 0 Å². The molecule has 172 valence electrons. The molecule has 0 aliphatic carbocycles. The van der Waals surface area contributed by atoms with E-state index in [1.807, 2.05) is 4.98 Å². The number of nitrogens with one attached hydrogen (secondary N) is 1. The van der Waals surface area contributed by atoms with Gasteiger partial charge in [-0.05, 0) is 6.92 Å². The minimum Gasteiger partial charge on any atom is -0.387 e. The van der Waals surface area contributed by atoms with Gasteiger partial charge in [-0.1, -0.05) is 0 Å². The second-order valence-electron chi connectivity index (χ2n) is 5.87. The molecule has 2 heterocycles. The fourth-order valence-corrected chi connectivity index (χ4v) is 5.34. The van der Waals surface area contributed by atoms with Crippen molar-refractivity contribution in [2.45, 2.75) is 31.5 Å². The van der Waals surface area contributed by atoms with Crippen LogP contribution in [0.1, 0.15) is 11.8 Å². The van der Waals surface area contributed by atoms with Gasteiger partial charge >= 0.3 is 29.2 Å². The van der Waals surface area contributed by atoms with Crippen LogP contribution in [0.3, 0.4) is 0 Å². The van der Waals surface area contributed by atoms with Crippen molar-refractivity contribution in [1.82, 2.24) is 9.55 Å². The highest BCUT2D eigenvalue weighted by molar-refractivity contribution is 7.66. The summed E-state index contributed by atoms with van der Waals surface area (Å²) >= 11 is 0. The number of aliphatic hydroxyl groups excluding tert-OH is 1. The second-order valence-corrected chi connectivity index (χ2v) is 10.3. The predicted molar refractivity (Wildman–Crippen MR) is 90.7 cm³/mol. The number of aliphatic hydroxyl groups is 1. The molecule has 6 atom stereocenters. The number of hydrogen-bond donors (Lipinski definition) is 6. The molecule has 1 aromatic heterocycles. The summed E-state index contributed by atoms with van der Waals surface area (Å²) in [6.45, 7) is 0.180. The Morgan fingerprint density at radius 1 is 1.17 bits per heavy atom. The lowest BCUT2D eigenvalue weighted by Crippen LogP contribution is -2.36. The maximum atomic E-state index is 14.4. The van der Waals surface area contributed by atoms with Crippen molar-refractivity contribution in [3.63, 3.8) is 0 Å². The van der Waals surface area contributed by atoms with Crippen molar-refractivity contribution in [1.29, 1.82) is 0 Å². The third-order valence-corrected chi connectivity index (χ3v) is 7.33. The van der Waals surface area contributed by atoms with Crippen LogP contribution in [0, 0.1) is 6.92 Å². The van der Waals surface area contributed by atoms with Crippen LogP contribution in [0.15, 0.2) is 15.8 Å². The van der Waals surface area contributed by atoms with E-state index in [-0.39, 0.29) is 5.56 Å². The summed E-state index contributed by atoms with van der Waals surface area (Å²) in [5, 5.41) is 9.87. The molecule has 0 bridgehead atoms. The van der Waals surface area contributed by atoms with Crippen molar-refractivity contribution in [3.05, 3.63) is 32.6 Å². The van der Waals surface area contributed by atoms with E-state index in [9.17, 15) is 37.7 Å². The second kappa shape index (κ2) is 8.82. The first-order valence-corrected chi connectivity index (χ1v) is 12.1. The molecule has 1 aliphatic heterocycles. The van der Waals surface area contributed by atoms with Crippen LogP contribution in [-0.4, -0.2) is 59.2 Å². The Labute approximate surface area is 165 Å². The molecular formula is C10H16FN2O14P3. The molecule has 6 N–H and O–H groups in total. The molecular weight excluding hydrogens is 484 g/mol. The first kappa shape index (κ1) is 25.2. The topological polar surface area (TPSA) is 244 Å². The first-order chi connectivity index (χ1) is 13.5. The van der Waals surface area contributed by atoms with E-state index in [1.54, 1.807) is 0 Å². The summed E-state index contributed by atoms with van der Waals surface area (Å²) in [7, 11) is -16.9. The summed E-state index contributed by atoms with van der Waals surface area (Å²) in [5.74, 6) is 0. The lowest BCUT2D eigenvalue weighted by atomic mass is 10.1. The summed E-state index contributed by atoms with van der Waals surface area (Å²) < 4.78 is 64.8. The Hall–Kier alpha value is -1.06. The summed E-state index contributed by atoms with van der Waals surface area (Å²) in [6, 6.07) is 0. The molecule has 1 aromatic rings. The highest BCUT2D eigenvalue weighted by Gasteiger charge is 2.47. The number of halogens is 1. The predicted octanol–water partition coefficient (Wildman–Crippen LogP) is -1.22. The number of aromatic nitrogens is 2. The summed E-state index contributed by atoms with van der Waals surface area (Å²) in [6.07, 6.45) is -6.79. The minimum absolute atomic E-state index is 0.0107. The van der Waals surface area contributed by atoms with Gasteiger partial charge in [0.15, 0.2) is 12.4 Å². The molecule has 4 unspecified atom stereocenters. The fourth-order valence-electron chi connectivity index (χ4n) is 2.31. The van der Waals surface area contributed by atoms with Gasteiger partial charge < -0.3 is 29.4 Å². The molecule has 30 heavy (non-hydrogen) atoms. The molecule has 0 aromatic carbocycles. The number of H-pyrrole nitrogens is 1. The molecule has 1 saturated heterocycles. The molecule has 20 heteroatoms. The number of hydrogen-bond acceptors (Lipinski definition) is 10. The van der Waals surface area contributed by atoms with E-state index in [2.05, 4.69) is 13.1 Å². The van der Waals surface area contributed by atoms with Crippen LogP contribution in [0.2, 0.25) is 0 Å². The highest BCUT2D eigenvalue weighted by atomic mass is 31.3. The number of rotatable bonds is 8. The average molecular weight is 500 g/mol. The van der Waals surface area contributed by atoms with Gasteiger partial charge in [-0.25, -0.2) is 22.9 Å². The molecule has 0 amide bonds. The SMILES string of the molecule is Cc1cn([C@H]2OC(COP(=O)(O)OP(=O)(O)OP(=O)(O)O)[C@@H](O)C2F)c(=O)[nH]c1=O. The van der Waals surface area contributed by atoms with E-state index in [0.717, 1.165) is 6.20 Å². The van der Waals surface area contributed by atoms with Gasteiger partial charge in [-0.15, -0.1) is 0 Å². The molecule has 1 aliphatic rings. The number of alkyl halides is 1. The van der Waals surface area contributed by atoms with Crippen LogP contribution in [0.4, 0.5) is 4.39 Å². The van der Waals surface area contributed by atoms with Gasteiger partial charge in [0.2, 0.25) is 0 Å². The fraction of sp³-hybridized carbons (Fsp3) is 0.600. The zero-order valence-corrected chi connectivity index (χ0v) is 17.4. The number of phosphoric acid groups is 3. The van der Waals surface area contributed by atoms with Crippen molar-refractivity contribution in [2.24, 2.45) is 0 Å². The van der Waals surface area contributed by atoms with E-state index in [1.165, 1.54) is 6.92 Å². The lowest BCUT2D eigenvalue weighted by Gasteiger charge is -2.19. The van der Waals surface area contributed by atoms with E-state index < -0.39 is 65.9 Å². The monoisotopic (exact) mass is 500 g/mol. The van der Waals surface area contributed by atoms with Crippen LogP contribution < -0.4 is 11.2 Å². The standard InChI is InChI=1S/C10H16FN2O14P3/c1-4-2-13(10(16)12-8(4)15)9-6(11)7(14)5(25-9)3-24-29(20,21)27-30(22,23)26-28(17,18)19/h2,5-7,9,14H,3H2,1H3,(H,20,21)(H,22,23)(H,12,15,16)(H2,17,18,19)/t5?,6?,7-,9+/m1/s1. The van der Waals surface area contributed by atoms with Gasteiger partial charge in [-0.3, -0.25) is 18.9 Å². The molecule has 16 nitrogen and oxygen atoms in total.